The Morgan fingerprint density at radius 2 is 2.15 bits per heavy atom. The van der Waals surface area contributed by atoms with Gasteiger partial charge in [-0.2, -0.15) is 0 Å². The van der Waals surface area contributed by atoms with E-state index in [1.807, 2.05) is 12.1 Å². The highest BCUT2D eigenvalue weighted by Gasteiger charge is 2.23. The number of pyridine rings is 1. The van der Waals surface area contributed by atoms with Crippen molar-refractivity contribution in [2.24, 2.45) is 11.7 Å². The van der Waals surface area contributed by atoms with E-state index in [2.05, 4.69) is 23.7 Å². The molecule has 0 unspecified atom stereocenters. The van der Waals surface area contributed by atoms with Crippen molar-refractivity contribution in [3.8, 4) is 0 Å². The quantitative estimate of drug-likeness (QED) is 0.619. The lowest BCUT2D eigenvalue weighted by Crippen LogP contribution is -2.35. The van der Waals surface area contributed by atoms with E-state index in [0.717, 1.165) is 13.1 Å². The van der Waals surface area contributed by atoms with Crippen molar-refractivity contribution in [3.05, 3.63) is 29.6 Å². The van der Waals surface area contributed by atoms with E-state index in [1.165, 1.54) is 31.2 Å². The molecule has 0 aromatic carbocycles. The molecule has 1 aliphatic carbocycles. The van der Waals surface area contributed by atoms with Gasteiger partial charge in [0.1, 0.15) is 11.5 Å². The van der Waals surface area contributed by atoms with Gasteiger partial charge in [0.2, 0.25) is 0 Å². The van der Waals surface area contributed by atoms with Gasteiger partial charge >= 0.3 is 0 Å². The molecule has 0 saturated heterocycles. The molecule has 3 N–H and O–H groups in total. The standard InChI is InChI=1S/C16H26N4/c1-12(2)10-20(14-5-3-4-6-14)11-13-7-8-19-15(9-13)16(17)18/h7-9,12,14H,3-6,10-11H2,1-2H3,(H3,17,18). The van der Waals surface area contributed by atoms with Crippen LogP contribution in [-0.4, -0.2) is 28.3 Å². The number of hydrogen-bond donors (Lipinski definition) is 2. The van der Waals surface area contributed by atoms with Crippen molar-refractivity contribution in [3.63, 3.8) is 0 Å². The minimum Gasteiger partial charge on any atom is -0.382 e. The second kappa shape index (κ2) is 6.84. The predicted molar refractivity (Wildman–Crippen MR) is 82.8 cm³/mol. The molecule has 1 heterocycles. The first-order valence-corrected chi connectivity index (χ1v) is 7.59. The van der Waals surface area contributed by atoms with E-state index in [4.69, 9.17) is 11.1 Å². The van der Waals surface area contributed by atoms with Crippen LogP contribution in [0.3, 0.4) is 0 Å². The molecular weight excluding hydrogens is 248 g/mol. The molecule has 1 aliphatic rings. The molecule has 4 heteroatoms. The first kappa shape index (κ1) is 15.0. The maximum Gasteiger partial charge on any atom is 0.141 e. The average molecular weight is 274 g/mol. The topological polar surface area (TPSA) is 66.0 Å². The van der Waals surface area contributed by atoms with Crippen LogP contribution < -0.4 is 5.73 Å². The van der Waals surface area contributed by atoms with Crippen molar-refractivity contribution >= 4 is 5.84 Å². The number of nitrogens with two attached hydrogens (primary N) is 1. The Hall–Kier alpha value is -1.42. The van der Waals surface area contributed by atoms with E-state index in [1.54, 1.807) is 6.20 Å². The molecule has 0 aliphatic heterocycles. The Balaban J connectivity index is 2.09. The Morgan fingerprint density at radius 1 is 1.45 bits per heavy atom. The summed E-state index contributed by atoms with van der Waals surface area (Å²) in [6, 6.07) is 4.70. The van der Waals surface area contributed by atoms with Crippen molar-refractivity contribution in [2.45, 2.75) is 52.1 Å². The highest BCUT2D eigenvalue weighted by atomic mass is 15.2. The third kappa shape index (κ3) is 4.04. The van der Waals surface area contributed by atoms with Crippen LogP contribution in [0, 0.1) is 11.3 Å². The van der Waals surface area contributed by atoms with Crippen molar-refractivity contribution in [2.75, 3.05) is 6.54 Å². The Bertz CT molecular complexity index is 450. The van der Waals surface area contributed by atoms with Gasteiger partial charge in [-0.1, -0.05) is 26.7 Å². The lowest BCUT2D eigenvalue weighted by atomic mass is 10.1. The van der Waals surface area contributed by atoms with E-state index in [9.17, 15) is 0 Å². The van der Waals surface area contributed by atoms with Crippen molar-refractivity contribution in [1.29, 1.82) is 5.41 Å². The number of nitrogens with zero attached hydrogens (tertiary/aromatic N) is 2. The van der Waals surface area contributed by atoms with Gasteiger partial charge in [0, 0.05) is 25.3 Å². The van der Waals surface area contributed by atoms with Crippen LogP contribution in [0.25, 0.3) is 0 Å². The maximum atomic E-state index is 7.50. The molecule has 110 valence electrons. The molecule has 1 fully saturated rings. The summed E-state index contributed by atoms with van der Waals surface area (Å²) in [5, 5.41) is 7.50. The fourth-order valence-electron chi connectivity index (χ4n) is 3.04. The first-order valence-electron chi connectivity index (χ1n) is 7.59. The summed E-state index contributed by atoms with van der Waals surface area (Å²) in [6.45, 7) is 6.61. The smallest absolute Gasteiger partial charge is 0.141 e. The van der Waals surface area contributed by atoms with Gasteiger partial charge < -0.3 is 5.73 Å². The van der Waals surface area contributed by atoms with Gasteiger partial charge in [0.25, 0.3) is 0 Å². The number of nitrogens with one attached hydrogen (secondary N) is 1. The summed E-state index contributed by atoms with van der Waals surface area (Å²) in [5.74, 6) is 0.716. The molecule has 0 amide bonds. The van der Waals surface area contributed by atoms with Crippen LogP contribution in [0.2, 0.25) is 0 Å². The number of nitrogen functional groups attached to an aromatic ring is 1. The van der Waals surface area contributed by atoms with Crippen LogP contribution in [0.1, 0.15) is 50.8 Å². The van der Waals surface area contributed by atoms with Gasteiger partial charge in [0.05, 0.1) is 0 Å². The molecule has 0 bridgehead atoms. The Morgan fingerprint density at radius 3 is 2.75 bits per heavy atom. The molecule has 0 spiro atoms. The predicted octanol–water partition coefficient (Wildman–Crippen LogP) is 2.77. The van der Waals surface area contributed by atoms with E-state index >= 15 is 0 Å². The lowest BCUT2D eigenvalue weighted by Gasteiger charge is -2.30. The second-order valence-corrected chi connectivity index (χ2v) is 6.22. The van der Waals surface area contributed by atoms with Crippen LogP contribution in [-0.2, 0) is 6.54 Å². The zero-order valence-electron chi connectivity index (χ0n) is 12.6. The van der Waals surface area contributed by atoms with E-state index in [-0.39, 0.29) is 5.84 Å². The van der Waals surface area contributed by atoms with Crippen LogP contribution in [0.5, 0.6) is 0 Å². The Labute approximate surface area is 121 Å². The van der Waals surface area contributed by atoms with Gasteiger partial charge in [0.15, 0.2) is 0 Å². The van der Waals surface area contributed by atoms with Gasteiger partial charge in [-0.15, -0.1) is 0 Å². The molecule has 1 aromatic rings. The number of amidine groups is 1. The van der Waals surface area contributed by atoms with Crippen LogP contribution in [0.15, 0.2) is 18.3 Å². The summed E-state index contributed by atoms with van der Waals surface area (Å²) in [7, 11) is 0. The summed E-state index contributed by atoms with van der Waals surface area (Å²) in [6.07, 6.45) is 7.10. The van der Waals surface area contributed by atoms with Crippen molar-refractivity contribution in [1.82, 2.24) is 9.88 Å². The van der Waals surface area contributed by atoms with Crippen LogP contribution in [0.4, 0.5) is 0 Å². The van der Waals surface area contributed by atoms with Crippen LogP contribution >= 0.6 is 0 Å². The number of hydrogen-bond acceptors (Lipinski definition) is 3. The summed E-state index contributed by atoms with van der Waals surface area (Å²) in [4.78, 5) is 6.73. The average Bonchev–Trinajstić information content (AvgIpc) is 2.91. The zero-order valence-corrected chi connectivity index (χ0v) is 12.6. The molecule has 20 heavy (non-hydrogen) atoms. The molecule has 1 aromatic heterocycles. The van der Waals surface area contributed by atoms with Gasteiger partial charge in [-0.3, -0.25) is 15.3 Å². The molecule has 1 saturated carbocycles. The van der Waals surface area contributed by atoms with Gasteiger partial charge in [-0.25, -0.2) is 0 Å². The number of aromatic nitrogens is 1. The minimum atomic E-state index is 0.0446. The SMILES string of the molecule is CC(C)CN(Cc1ccnc(C(=N)N)c1)C1CCCC1. The highest BCUT2D eigenvalue weighted by Crippen LogP contribution is 2.25. The summed E-state index contributed by atoms with van der Waals surface area (Å²) in [5.41, 5.74) is 7.31. The fraction of sp³-hybridized carbons (Fsp3) is 0.625. The zero-order chi connectivity index (χ0) is 14.5. The minimum absolute atomic E-state index is 0.0446. The largest absolute Gasteiger partial charge is 0.382 e. The molecule has 2 rings (SSSR count). The third-order valence-corrected chi connectivity index (χ3v) is 3.93. The van der Waals surface area contributed by atoms with E-state index < -0.39 is 0 Å². The second-order valence-electron chi connectivity index (χ2n) is 6.22. The molecule has 4 nitrogen and oxygen atoms in total. The van der Waals surface area contributed by atoms with Gasteiger partial charge in [-0.05, 0) is 36.5 Å². The summed E-state index contributed by atoms with van der Waals surface area (Å²) >= 11 is 0. The highest BCUT2D eigenvalue weighted by molar-refractivity contribution is 5.93. The summed E-state index contributed by atoms with van der Waals surface area (Å²) < 4.78 is 0. The third-order valence-electron chi connectivity index (χ3n) is 3.93. The lowest BCUT2D eigenvalue weighted by molar-refractivity contribution is 0.168. The first-order chi connectivity index (χ1) is 9.56. The monoisotopic (exact) mass is 274 g/mol. The Kier molecular flexibility index (Phi) is 5.12. The fourth-order valence-corrected chi connectivity index (χ4v) is 3.04. The maximum absolute atomic E-state index is 7.50. The van der Waals surface area contributed by atoms with E-state index in [0.29, 0.717) is 17.7 Å². The molecular formula is C16H26N4. The molecule has 0 radical (unpaired) electrons. The molecule has 0 atom stereocenters. The van der Waals surface area contributed by atoms with Crippen molar-refractivity contribution < 1.29 is 0 Å². The number of rotatable bonds is 6. The normalized spacial score (nSPS) is 16.2.